The molecule has 1 heterocycles. The van der Waals surface area contributed by atoms with Gasteiger partial charge in [-0.15, -0.1) is 0 Å². The largest absolute Gasteiger partial charge is 0.311 e. The molecule has 0 amide bonds. The number of rotatable bonds is 4. The molecule has 0 aliphatic carbocycles. The Morgan fingerprint density at radius 2 is 1.90 bits per heavy atom. The van der Waals surface area contributed by atoms with E-state index < -0.39 is 0 Å². The van der Waals surface area contributed by atoms with Gasteiger partial charge < -0.3 is 10.2 Å². The zero-order valence-electron chi connectivity index (χ0n) is 13.3. The zero-order chi connectivity index (χ0) is 14.4. The van der Waals surface area contributed by atoms with Gasteiger partial charge in [0.15, 0.2) is 0 Å². The summed E-state index contributed by atoms with van der Waals surface area (Å²) >= 11 is 0. The molecule has 0 spiro atoms. The number of hydrogen-bond donors (Lipinski definition) is 1. The normalized spacial score (nSPS) is 26.8. The lowest BCUT2D eigenvalue weighted by atomic mass is 10.0. The predicted molar refractivity (Wildman–Crippen MR) is 87.1 cm³/mol. The van der Waals surface area contributed by atoms with Crippen LogP contribution in [0, 0.1) is 0 Å². The molecule has 1 aromatic carbocycles. The lowest BCUT2D eigenvalue weighted by molar-refractivity contribution is 0.166. The second-order valence-electron chi connectivity index (χ2n) is 6.32. The molecule has 1 aromatic rings. The molecule has 2 rings (SSSR count). The van der Waals surface area contributed by atoms with E-state index in [1.165, 1.54) is 44.3 Å². The van der Waals surface area contributed by atoms with E-state index in [0.29, 0.717) is 18.1 Å². The van der Waals surface area contributed by atoms with Crippen molar-refractivity contribution in [2.24, 2.45) is 0 Å². The zero-order valence-corrected chi connectivity index (χ0v) is 13.3. The molecular formula is C18H30N2. The highest BCUT2D eigenvalue weighted by atomic mass is 15.2. The van der Waals surface area contributed by atoms with Crippen LogP contribution in [-0.4, -0.2) is 36.1 Å². The van der Waals surface area contributed by atoms with Crippen LogP contribution < -0.4 is 5.32 Å². The van der Waals surface area contributed by atoms with Crippen LogP contribution in [0.4, 0.5) is 0 Å². The first-order valence-electron chi connectivity index (χ1n) is 8.23. The van der Waals surface area contributed by atoms with Crippen LogP contribution in [0.3, 0.4) is 0 Å². The molecule has 2 nitrogen and oxygen atoms in total. The molecule has 0 bridgehead atoms. The predicted octanol–water partition coefficient (Wildman–Crippen LogP) is 3.47. The van der Waals surface area contributed by atoms with E-state index in [-0.39, 0.29) is 0 Å². The van der Waals surface area contributed by atoms with Crippen molar-refractivity contribution in [1.29, 1.82) is 0 Å². The molecule has 0 saturated carbocycles. The van der Waals surface area contributed by atoms with Crippen LogP contribution in [0.15, 0.2) is 30.3 Å². The third kappa shape index (κ3) is 4.60. The first kappa shape index (κ1) is 15.5. The number of nitrogens with zero attached hydrogens (tertiary/aromatic N) is 1. The number of hydrogen-bond acceptors (Lipinski definition) is 2. The van der Waals surface area contributed by atoms with Gasteiger partial charge in [-0.3, -0.25) is 0 Å². The van der Waals surface area contributed by atoms with Crippen molar-refractivity contribution in [2.75, 3.05) is 13.1 Å². The smallest absolute Gasteiger partial charge is 0.0107 e. The molecule has 0 aromatic heterocycles. The first-order valence-corrected chi connectivity index (χ1v) is 8.23. The average Bonchev–Trinajstić information content (AvgIpc) is 2.44. The van der Waals surface area contributed by atoms with Crippen LogP contribution in [0.1, 0.15) is 45.6 Å². The van der Waals surface area contributed by atoms with Crippen molar-refractivity contribution in [2.45, 2.75) is 64.6 Å². The molecule has 1 aliphatic rings. The molecule has 2 heteroatoms. The fraction of sp³-hybridized carbons (Fsp3) is 0.667. The Kier molecular flexibility index (Phi) is 6.06. The molecule has 3 unspecified atom stereocenters. The molecule has 1 saturated heterocycles. The highest BCUT2D eigenvalue weighted by Gasteiger charge is 2.20. The minimum Gasteiger partial charge on any atom is -0.311 e. The number of benzene rings is 1. The molecular weight excluding hydrogens is 244 g/mol. The van der Waals surface area contributed by atoms with E-state index in [2.05, 4.69) is 61.3 Å². The SMILES string of the molecule is CCC1CCN(C(C)Cc2ccccc2)CCC(C)N1. The van der Waals surface area contributed by atoms with E-state index in [9.17, 15) is 0 Å². The van der Waals surface area contributed by atoms with Crippen LogP contribution in [0.25, 0.3) is 0 Å². The van der Waals surface area contributed by atoms with Gasteiger partial charge in [-0.1, -0.05) is 37.3 Å². The third-order valence-corrected chi connectivity index (χ3v) is 4.62. The van der Waals surface area contributed by atoms with Crippen molar-refractivity contribution in [3.8, 4) is 0 Å². The summed E-state index contributed by atoms with van der Waals surface area (Å²) in [7, 11) is 0. The molecule has 3 atom stereocenters. The summed E-state index contributed by atoms with van der Waals surface area (Å²) < 4.78 is 0. The fourth-order valence-electron chi connectivity index (χ4n) is 3.21. The van der Waals surface area contributed by atoms with E-state index >= 15 is 0 Å². The Hall–Kier alpha value is -0.860. The van der Waals surface area contributed by atoms with Gasteiger partial charge in [-0.2, -0.15) is 0 Å². The van der Waals surface area contributed by atoms with Crippen LogP contribution in [0.5, 0.6) is 0 Å². The van der Waals surface area contributed by atoms with E-state index in [1.807, 2.05) is 0 Å². The maximum atomic E-state index is 3.75. The minimum atomic E-state index is 0.639. The fourth-order valence-corrected chi connectivity index (χ4v) is 3.21. The third-order valence-electron chi connectivity index (χ3n) is 4.62. The van der Waals surface area contributed by atoms with Crippen molar-refractivity contribution in [1.82, 2.24) is 10.2 Å². The van der Waals surface area contributed by atoms with E-state index in [1.54, 1.807) is 0 Å². The van der Waals surface area contributed by atoms with Crippen molar-refractivity contribution in [3.05, 3.63) is 35.9 Å². The van der Waals surface area contributed by atoms with Gasteiger partial charge in [0.2, 0.25) is 0 Å². The number of nitrogens with one attached hydrogen (secondary N) is 1. The van der Waals surface area contributed by atoms with Crippen LogP contribution >= 0.6 is 0 Å². The van der Waals surface area contributed by atoms with Crippen LogP contribution in [0.2, 0.25) is 0 Å². The highest BCUT2D eigenvalue weighted by Crippen LogP contribution is 2.14. The van der Waals surface area contributed by atoms with Crippen molar-refractivity contribution in [3.63, 3.8) is 0 Å². The first-order chi connectivity index (χ1) is 9.69. The average molecular weight is 274 g/mol. The Morgan fingerprint density at radius 1 is 1.20 bits per heavy atom. The highest BCUT2D eigenvalue weighted by molar-refractivity contribution is 5.15. The Labute approximate surface area is 124 Å². The van der Waals surface area contributed by atoms with Crippen molar-refractivity contribution < 1.29 is 0 Å². The monoisotopic (exact) mass is 274 g/mol. The summed E-state index contributed by atoms with van der Waals surface area (Å²) in [5.41, 5.74) is 1.46. The Balaban J connectivity index is 1.92. The summed E-state index contributed by atoms with van der Waals surface area (Å²) in [6, 6.07) is 12.9. The summed E-state index contributed by atoms with van der Waals surface area (Å²) in [6.07, 6.45) is 4.94. The Morgan fingerprint density at radius 3 is 2.60 bits per heavy atom. The van der Waals surface area contributed by atoms with Gasteiger partial charge in [-0.05, 0) is 58.2 Å². The lowest BCUT2D eigenvalue weighted by Crippen LogP contribution is -2.46. The van der Waals surface area contributed by atoms with Gasteiger partial charge in [0.05, 0.1) is 0 Å². The van der Waals surface area contributed by atoms with Gasteiger partial charge in [0.25, 0.3) is 0 Å². The molecule has 1 aliphatic heterocycles. The quantitative estimate of drug-likeness (QED) is 0.904. The summed E-state index contributed by atoms with van der Waals surface area (Å²) in [5, 5.41) is 3.75. The van der Waals surface area contributed by atoms with Crippen molar-refractivity contribution >= 4 is 0 Å². The summed E-state index contributed by atoms with van der Waals surface area (Å²) in [5.74, 6) is 0. The summed E-state index contributed by atoms with van der Waals surface area (Å²) in [4.78, 5) is 2.69. The molecule has 1 N–H and O–H groups in total. The second-order valence-corrected chi connectivity index (χ2v) is 6.32. The molecule has 0 radical (unpaired) electrons. The molecule has 20 heavy (non-hydrogen) atoms. The maximum Gasteiger partial charge on any atom is 0.0107 e. The Bertz CT molecular complexity index is 376. The second kappa shape index (κ2) is 7.80. The van der Waals surface area contributed by atoms with Gasteiger partial charge in [-0.25, -0.2) is 0 Å². The topological polar surface area (TPSA) is 15.3 Å². The van der Waals surface area contributed by atoms with Gasteiger partial charge in [0.1, 0.15) is 0 Å². The lowest BCUT2D eigenvalue weighted by Gasteiger charge is -2.35. The molecule has 1 fully saturated rings. The van der Waals surface area contributed by atoms with Crippen LogP contribution in [-0.2, 0) is 6.42 Å². The standard InChI is InChI=1S/C18H30N2/c1-4-18-11-13-20(12-10-15(2)19-18)16(3)14-17-8-6-5-7-9-17/h5-9,15-16,18-19H,4,10-14H2,1-3H3. The van der Waals surface area contributed by atoms with E-state index in [0.717, 1.165) is 0 Å². The van der Waals surface area contributed by atoms with Gasteiger partial charge in [0, 0.05) is 18.1 Å². The maximum absolute atomic E-state index is 3.75. The summed E-state index contributed by atoms with van der Waals surface area (Å²) in [6.45, 7) is 9.45. The van der Waals surface area contributed by atoms with Gasteiger partial charge >= 0.3 is 0 Å². The van der Waals surface area contributed by atoms with E-state index in [4.69, 9.17) is 0 Å². The molecule has 112 valence electrons. The minimum absolute atomic E-state index is 0.639.